The third kappa shape index (κ3) is 4.59. The highest BCUT2D eigenvalue weighted by molar-refractivity contribution is 6.30. The Labute approximate surface area is 152 Å². The molecule has 0 saturated heterocycles. The van der Waals surface area contributed by atoms with Gasteiger partial charge in [0, 0.05) is 18.0 Å². The Morgan fingerprint density at radius 3 is 2.64 bits per heavy atom. The molecular formula is C21H20ClNO2. The Kier molecular flexibility index (Phi) is 5.69. The molecule has 3 nitrogen and oxygen atoms in total. The van der Waals surface area contributed by atoms with E-state index in [0.29, 0.717) is 17.9 Å². The van der Waals surface area contributed by atoms with Crippen LogP contribution in [0.5, 0.6) is 0 Å². The number of aliphatic hydroxyl groups is 1. The Bertz CT molecular complexity index is 873. The highest BCUT2D eigenvalue weighted by atomic mass is 35.5. The number of aryl methyl sites for hydroxylation is 1. The van der Waals surface area contributed by atoms with E-state index in [1.165, 1.54) is 0 Å². The fourth-order valence-corrected chi connectivity index (χ4v) is 3.11. The molecule has 1 atom stereocenters. The number of halogens is 1. The Balaban J connectivity index is 1.56. The summed E-state index contributed by atoms with van der Waals surface area (Å²) in [7, 11) is 0. The van der Waals surface area contributed by atoms with Gasteiger partial charge in [-0.3, -0.25) is 4.79 Å². The quantitative estimate of drug-likeness (QED) is 0.695. The van der Waals surface area contributed by atoms with Gasteiger partial charge in [-0.2, -0.15) is 0 Å². The molecule has 0 bridgehead atoms. The summed E-state index contributed by atoms with van der Waals surface area (Å²) in [5, 5.41) is 16.0. The second-order valence-corrected chi connectivity index (χ2v) is 6.45. The van der Waals surface area contributed by atoms with Gasteiger partial charge in [0.2, 0.25) is 5.91 Å². The summed E-state index contributed by atoms with van der Waals surface area (Å²) in [4.78, 5) is 12.0. The van der Waals surface area contributed by atoms with E-state index in [4.69, 9.17) is 11.6 Å². The summed E-state index contributed by atoms with van der Waals surface area (Å²) in [6, 6.07) is 21.2. The van der Waals surface area contributed by atoms with Crippen molar-refractivity contribution in [2.45, 2.75) is 18.9 Å². The molecule has 2 N–H and O–H groups in total. The zero-order chi connectivity index (χ0) is 17.6. The fourth-order valence-electron chi connectivity index (χ4n) is 2.90. The summed E-state index contributed by atoms with van der Waals surface area (Å²) < 4.78 is 0. The van der Waals surface area contributed by atoms with Crippen LogP contribution in [0.15, 0.2) is 66.7 Å². The van der Waals surface area contributed by atoms with E-state index in [9.17, 15) is 9.90 Å². The first-order valence-corrected chi connectivity index (χ1v) is 8.68. The molecule has 1 amide bonds. The molecule has 0 unspecified atom stereocenters. The van der Waals surface area contributed by atoms with Crippen molar-refractivity contribution in [2.24, 2.45) is 0 Å². The lowest BCUT2D eigenvalue weighted by Gasteiger charge is -2.15. The van der Waals surface area contributed by atoms with E-state index < -0.39 is 6.10 Å². The number of rotatable bonds is 6. The van der Waals surface area contributed by atoms with Gasteiger partial charge in [0.1, 0.15) is 0 Å². The van der Waals surface area contributed by atoms with E-state index in [1.54, 1.807) is 0 Å². The van der Waals surface area contributed by atoms with Crippen molar-refractivity contribution in [3.63, 3.8) is 0 Å². The lowest BCUT2D eigenvalue weighted by atomic mass is 10.0. The minimum atomic E-state index is -0.735. The predicted molar refractivity (Wildman–Crippen MR) is 102 cm³/mol. The molecule has 4 heteroatoms. The van der Waals surface area contributed by atoms with E-state index in [-0.39, 0.29) is 12.5 Å². The molecule has 25 heavy (non-hydrogen) atoms. The number of carbonyl (C=O) groups excluding carboxylic acids is 1. The average Bonchev–Trinajstić information content (AvgIpc) is 2.64. The van der Waals surface area contributed by atoms with Gasteiger partial charge in [-0.1, -0.05) is 66.2 Å². The Morgan fingerprint density at radius 2 is 1.80 bits per heavy atom. The van der Waals surface area contributed by atoms with Crippen molar-refractivity contribution in [2.75, 3.05) is 6.54 Å². The van der Waals surface area contributed by atoms with Gasteiger partial charge >= 0.3 is 0 Å². The van der Waals surface area contributed by atoms with Crippen LogP contribution < -0.4 is 5.32 Å². The minimum Gasteiger partial charge on any atom is -0.387 e. The lowest BCUT2D eigenvalue weighted by Crippen LogP contribution is -2.28. The van der Waals surface area contributed by atoms with Crippen molar-refractivity contribution >= 4 is 28.3 Å². The van der Waals surface area contributed by atoms with Crippen molar-refractivity contribution in [1.29, 1.82) is 0 Å². The summed E-state index contributed by atoms with van der Waals surface area (Å²) in [6.07, 6.45) is 0.250. The van der Waals surface area contributed by atoms with Gasteiger partial charge < -0.3 is 10.4 Å². The highest BCUT2D eigenvalue weighted by Gasteiger charge is 2.12. The molecule has 3 aromatic rings. The van der Waals surface area contributed by atoms with Gasteiger partial charge in [0.15, 0.2) is 0 Å². The molecule has 0 aliphatic carbocycles. The van der Waals surface area contributed by atoms with E-state index in [1.807, 2.05) is 66.7 Å². The molecule has 0 heterocycles. The Hall–Kier alpha value is -2.36. The first-order chi connectivity index (χ1) is 12.1. The molecule has 0 saturated carbocycles. The van der Waals surface area contributed by atoms with Crippen molar-refractivity contribution < 1.29 is 9.90 Å². The van der Waals surface area contributed by atoms with E-state index >= 15 is 0 Å². The molecule has 0 aliphatic rings. The maximum absolute atomic E-state index is 12.0. The summed E-state index contributed by atoms with van der Waals surface area (Å²) >= 11 is 5.94. The molecule has 0 aliphatic heterocycles. The normalized spacial score (nSPS) is 12.1. The van der Waals surface area contributed by atoms with Crippen LogP contribution in [0.3, 0.4) is 0 Å². The first kappa shape index (κ1) is 17.5. The number of benzene rings is 3. The second kappa shape index (κ2) is 8.15. The van der Waals surface area contributed by atoms with Gasteiger partial charge in [0.05, 0.1) is 6.10 Å². The minimum absolute atomic E-state index is 0.0840. The van der Waals surface area contributed by atoms with Crippen LogP contribution in [0.4, 0.5) is 0 Å². The largest absolute Gasteiger partial charge is 0.387 e. The molecule has 0 aromatic heterocycles. The van der Waals surface area contributed by atoms with Gasteiger partial charge in [-0.05, 0) is 40.5 Å². The van der Waals surface area contributed by atoms with Crippen LogP contribution >= 0.6 is 11.6 Å². The molecule has 3 aromatic carbocycles. The summed E-state index contributed by atoms with van der Waals surface area (Å²) in [6.45, 7) is 0.197. The molecule has 0 spiro atoms. The zero-order valence-corrected chi connectivity index (χ0v) is 14.5. The zero-order valence-electron chi connectivity index (χ0n) is 13.8. The monoisotopic (exact) mass is 353 g/mol. The van der Waals surface area contributed by atoms with Crippen LogP contribution in [-0.2, 0) is 11.2 Å². The standard InChI is InChI=1S/C21H20ClNO2/c22-17-8-3-5-15(13-17)11-12-21(25)23-14-20(24)19-10-4-7-16-6-1-2-9-18(16)19/h1-10,13,20,24H,11-12,14H2,(H,23,25)/t20-/m1/s1. The molecule has 0 radical (unpaired) electrons. The van der Waals surface area contributed by atoms with Crippen LogP contribution in [0.2, 0.25) is 5.02 Å². The predicted octanol–water partition coefficient (Wildman–Crippen LogP) is 4.28. The second-order valence-electron chi connectivity index (χ2n) is 6.02. The van der Waals surface area contributed by atoms with Gasteiger partial charge in [0.25, 0.3) is 0 Å². The van der Waals surface area contributed by atoms with Crippen molar-refractivity contribution in [3.8, 4) is 0 Å². The van der Waals surface area contributed by atoms with Crippen LogP contribution in [0.1, 0.15) is 23.7 Å². The molecular weight excluding hydrogens is 334 g/mol. The molecule has 128 valence electrons. The number of nitrogens with one attached hydrogen (secondary N) is 1. The topological polar surface area (TPSA) is 49.3 Å². The van der Waals surface area contributed by atoms with Crippen LogP contribution in [0.25, 0.3) is 10.8 Å². The van der Waals surface area contributed by atoms with Gasteiger partial charge in [-0.15, -0.1) is 0 Å². The SMILES string of the molecule is O=C(CCc1cccc(Cl)c1)NC[C@@H](O)c1cccc2ccccc12. The third-order valence-electron chi connectivity index (χ3n) is 4.20. The number of hydrogen-bond acceptors (Lipinski definition) is 2. The molecule has 3 rings (SSSR count). The van der Waals surface area contributed by atoms with E-state index in [2.05, 4.69) is 5.32 Å². The van der Waals surface area contributed by atoms with Crippen molar-refractivity contribution in [3.05, 3.63) is 82.9 Å². The Morgan fingerprint density at radius 1 is 1.04 bits per heavy atom. The number of aliphatic hydroxyl groups excluding tert-OH is 1. The first-order valence-electron chi connectivity index (χ1n) is 8.30. The highest BCUT2D eigenvalue weighted by Crippen LogP contribution is 2.23. The van der Waals surface area contributed by atoms with Gasteiger partial charge in [-0.25, -0.2) is 0 Å². The number of fused-ring (bicyclic) bond motifs is 1. The summed E-state index contributed by atoms with van der Waals surface area (Å²) in [5.74, 6) is -0.0840. The summed E-state index contributed by atoms with van der Waals surface area (Å²) in [5.41, 5.74) is 1.85. The van der Waals surface area contributed by atoms with E-state index in [0.717, 1.165) is 21.9 Å². The van der Waals surface area contributed by atoms with Crippen LogP contribution in [0, 0.1) is 0 Å². The lowest BCUT2D eigenvalue weighted by molar-refractivity contribution is -0.121. The van der Waals surface area contributed by atoms with Crippen molar-refractivity contribution in [1.82, 2.24) is 5.32 Å². The number of hydrogen-bond donors (Lipinski definition) is 2. The third-order valence-corrected chi connectivity index (χ3v) is 4.44. The maximum Gasteiger partial charge on any atom is 0.220 e. The van der Waals surface area contributed by atoms with Crippen LogP contribution in [-0.4, -0.2) is 17.6 Å². The fraction of sp³-hybridized carbons (Fsp3) is 0.190. The number of amides is 1. The maximum atomic E-state index is 12.0. The average molecular weight is 354 g/mol. The molecule has 0 fully saturated rings. The number of carbonyl (C=O) groups is 1. The smallest absolute Gasteiger partial charge is 0.220 e.